The van der Waals surface area contributed by atoms with Gasteiger partial charge in [0.05, 0.1) is 19.6 Å². The largest absolute Gasteiger partial charge is 0.497 e. The summed E-state index contributed by atoms with van der Waals surface area (Å²) >= 11 is 5.82. The molecule has 2 aliphatic heterocycles. The standard InChI is InChI=1S/C17H20ClNO5/c1-16-13(7-8-18)14(21)19(17(16,10-20)15(22)24-16)9-11-3-5-12(23-2)6-4-11/h3-6,13,20H,7-10H2,1-2H3/t13-,16-,17-/m1/s1. The minimum Gasteiger partial charge on any atom is -0.497 e. The maximum absolute atomic E-state index is 12.9. The summed E-state index contributed by atoms with van der Waals surface area (Å²) in [6.45, 7) is 1.45. The number of nitrogens with zero attached hydrogens (tertiary/aromatic N) is 1. The summed E-state index contributed by atoms with van der Waals surface area (Å²) in [6, 6.07) is 7.23. The molecule has 3 atom stereocenters. The number of aliphatic hydroxyl groups excluding tert-OH is 1. The Labute approximate surface area is 145 Å². The van der Waals surface area contributed by atoms with E-state index < -0.39 is 29.6 Å². The van der Waals surface area contributed by atoms with E-state index in [4.69, 9.17) is 21.1 Å². The molecule has 2 heterocycles. The first-order chi connectivity index (χ1) is 11.4. The smallest absolute Gasteiger partial charge is 0.339 e. The van der Waals surface area contributed by atoms with Crippen molar-refractivity contribution in [2.24, 2.45) is 5.92 Å². The highest BCUT2D eigenvalue weighted by Gasteiger charge is 2.79. The number of rotatable bonds is 6. The fraction of sp³-hybridized carbons (Fsp3) is 0.529. The van der Waals surface area contributed by atoms with E-state index in [1.165, 1.54) is 4.90 Å². The molecule has 2 aliphatic rings. The SMILES string of the molecule is COc1ccc(CN2C(=O)[C@@H](CCCl)[C@@]3(C)OC(=O)[C@@]23CO)cc1. The minimum atomic E-state index is -1.33. The lowest BCUT2D eigenvalue weighted by Crippen LogP contribution is -2.76. The van der Waals surface area contributed by atoms with Gasteiger partial charge in [0.25, 0.3) is 0 Å². The summed E-state index contributed by atoms with van der Waals surface area (Å²) in [6.07, 6.45) is 0.394. The Morgan fingerprint density at radius 1 is 1.33 bits per heavy atom. The summed E-state index contributed by atoms with van der Waals surface area (Å²) in [5, 5.41) is 9.97. The Kier molecular flexibility index (Phi) is 4.21. The number of alkyl halides is 1. The number of esters is 1. The van der Waals surface area contributed by atoms with Crippen LogP contribution in [0.4, 0.5) is 0 Å². The molecular formula is C17H20ClNO5. The molecule has 0 radical (unpaired) electrons. The summed E-state index contributed by atoms with van der Waals surface area (Å²) in [4.78, 5) is 26.6. The fourth-order valence-corrected chi connectivity index (χ4v) is 4.03. The van der Waals surface area contributed by atoms with Gasteiger partial charge in [0.2, 0.25) is 11.4 Å². The summed E-state index contributed by atoms with van der Waals surface area (Å²) < 4.78 is 10.5. The van der Waals surface area contributed by atoms with Crippen molar-refractivity contribution < 1.29 is 24.2 Å². The maximum Gasteiger partial charge on any atom is 0.339 e. The second-order valence-electron chi connectivity index (χ2n) is 6.32. The molecule has 0 unspecified atom stereocenters. The topological polar surface area (TPSA) is 76.1 Å². The molecule has 1 N–H and O–H groups in total. The van der Waals surface area contributed by atoms with Crippen molar-refractivity contribution >= 4 is 23.5 Å². The van der Waals surface area contributed by atoms with Gasteiger partial charge in [0.15, 0.2) is 5.60 Å². The van der Waals surface area contributed by atoms with Crippen LogP contribution in [0.3, 0.4) is 0 Å². The number of aliphatic hydroxyl groups is 1. The van der Waals surface area contributed by atoms with Gasteiger partial charge in [-0.3, -0.25) is 4.79 Å². The maximum atomic E-state index is 12.9. The van der Waals surface area contributed by atoms with Gasteiger partial charge < -0.3 is 19.5 Å². The predicted molar refractivity (Wildman–Crippen MR) is 86.7 cm³/mol. The van der Waals surface area contributed by atoms with Crippen molar-refractivity contribution in [1.82, 2.24) is 4.90 Å². The summed E-state index contributed by atoms with van der Waals surface area (Å²) in [7, 11) is 1.58. The molecule has 7 heteroatoms. The number of amides is 1. The Morgan fingerprint density at radius 3 is 2.50 bits per heavy atom. The van der Waals surface area contributed by atoms with E-state index in [2.05, 4.69) is 0 Å². The first-order valence-corrected chi connectivity index (χ1v) is 8.32. The van der Waals surface area contributed by atoms with E-state index in [0.717, 1.165) is 5.56 Å². The Bertz CT molecular complexity index is 663. The van der Waals surface area contributed by atoms with Crippen LogP contribution < -0.4 is 4.74 Å². The van der Waals surface area contributed by atoms with Crippen LogP contribution in [0.5, 0.6) is 5.75 Å². The number of hydrogen-bond donors (Lipinski definition) is 1. The molecule has 0 bridgehead atoms. The average Bonchev–Trinajstić information content (AvgIpc) is 2.71. The van der Waals surface area contributed by atoms with Gasteiger partial charge in [-0.15, -0.1) is 11.6 Å². The summed E-state index contributed by atoms with van der Waals surface area (Å²) in [5.74, 6) is -0.337. The van der Waals surface area contributed by atoms with Crippen LogP contribution >= 0.6 is 11.6 Å². The average molecular weight is 354 g/mol. The van der Waals surface area contributed by atoms with E-state index in [0.29, 0.717) is 12.2 Å². The zero-order chi connectivity index (χ0) is 17.5. The first kappa shape index (κ1) is 17.0. The Morgan fingerprint density at radius 2 is 2.00 bits per heavy atom. The molecule has 6 nitrogen and oxygen atoms in total. The van der Waals surface area contributed by atoms with Gasteiger partial charge in [-0.05, 0) is 31.0 Å². The van der Waals surface area contributed by atoms with Crippen molar-refractivity contribution in [3.05, 3.63) is 29.8 Å². The zero-order valence-electron chi connectivity index (χ0n) is 13.6. The number of methoxy groups -OCH3 is 1. The predicted octanol–water partition coefficient (Wildman–Crippen LogP) is 1.33. The van der Waals surface area contributed by atoms with Crippen LogP contribution in [0.2, 0.25) is 0 Å². The molecular weight excluding hydrogens is 334 g/mol. The quantitative estimate of drug-likeness (QED) is 0.616. The lowest BCUT2D eigenvalue weighted by atomic mass is 9.71. The number of fused-ring (bicyclic) bond motifs is 1. The van der Waals surface area contributed by atoms with Crippen molar-refractivity contribution in [3.63, 3.8) is 0 Å². The first-order valence-electron chi connectivity index (χ1n) is 7.79. The number of benzene rings is 1. The molecule has 0 aliphatic carbocycles. The lowest BCUT2D eigenvalue weighted by Gasteiger charge is -2.53. The van der Waals surface area contributed by atoms with Crippen molar-refractivity contribution in [1.29, 1.82) is 0 Å². The number of halogens is 1. The number of hydrogen-bond acceptors (Lipinski definition) is 5. The van der Waals surface area contributed by atoms with E-state index in [1.807, 2.05) is 12.1 Å². The molecule has 0 aromatic heterocycles. The van der Waals surface area contributed by atoms with Crippen molar-refractivity contribution in [2.75, 3.05) is 19.6 Å². The van der Waals surface area contributed by atoms with Crippen LogP contribution in [0.15, 0.2) is 24.3 Å². The Hall–Kier alpha value is -1.79. The Balaban J connectivity index is 1.95. The third-order valence-corrected chi connectivity index (χ3v) is 5.50. The summed E-state index contributed by atoms with van der Waals surface area (Å²) in [5.41, 5.74) is -1.54. The third-order valence-electron chi connectivity index (χ3n) is 5.28. The number of carbonyl (C=O) groups is 2. The van der Waals surface area contributed by atoms with Crippen LogP contribution in [0.25, 0.3) is 0 Å². The van der Waals surface area contributed by atoms with Gasteiger partial charge >= 0.3 is 5.97 Å². The lowest BCUT2D eigenvalue weighted by molar-refractivity contribution is -0.239. The molecule has 1 aromatic rings. The monoisotopic (exact) mass is 353 g/mol. The van der Waals surface area contributed by atoms with Gasteiger partial charge in [-0.1, -0.05) is 12.1 Å². The van der Waals surface area contributed by atoms with Crippen molar-refractivity contribution in [2.45, 2.75) is 31.0 Å². The van der Waals surface area contributed by atoms with Crippen LogP contribution in [-0.2, 0) is 20.9 Å². The van der Waals surface area contributed by atoms with Crippen LogP contribution in [0, 0.1) is 5.92 Å². The molecule has 1 amide bonds. The van der Waals surface area contributed by atoms with E-state index in [9.17, 15) is 14.7 Å². The fourth-order valence-electron chi connectivity index (χ4n) is 3.81. The number of carbonyl (C=O) groups excluding carboxylic acids is 2. The van der Waals surface area contributed by atoms with Gasteiger partial charge in [0.1, 0.15) is 5.75 Å². The minimum absolute atomic E-state index is 0.214. The number of ether oxygens (including phenoxy) is 2. The molecule has 2 saturated heterocycles. The van der Waals surface area contributed by atoms with Gasteiger partial charge in [-0.2, -0.15) is 0 Å². The highest BCUT2D eigenvalue weighted by atomic mass is 35.5. The molecule has 24 heavy (non-hydrogen) atoms. The highest BCUT2D eigenvalue weighted by molar-refractivity contribution is 6.18. The molecule has 0 spiro atoms. The van der Waals surface area contributed by atoms with E-state index in [-0.39, 0.29) is 18.3 Å². The molecule has 130 valence electrons. The van der Waals surface area contributed by atoms with Crippen molar-refractivity contribution in [3.8, 4) is 5.75 Å². The second-order valence-corrected chi connectivity index (χ2v) is 6.70. The number of likely N-dealkylation sites (tertiary alicyclic amines) is 1. The van der Waals surface area contributed by atoms with E-state index in [1.54, 1.807) is 26.2 Å². The van der Waals surface area contributed by atoms with Crippen LogP contribution in [0.1, 0.15) is 18.9 Å². The van der Waals surface area contributed by atoms with Gasteiger partial charge in [0, 0.05) is 12.4 Å². The third kappa shape index (κ3) is 2.06. The molecule has 1 aromatic carbocycles. The normalized spacial score (nSPS) is 31.5. The molecule has 3 rings (SSSR count). The van der Waals surface area contributed by atoms with Gasteiger partial charge in [-0.25, -0.2) is 4.79 Å². The second kappa shape index (κ2) is 5.93. The zero-order valence-corrected chi connectivity index (χ0v) is 14.4. The van der Waals surface area contributed by atoms with Crippen LogP contribution in [-0.4, -0.2) is 52.6 Å². The van der Waals surface area contributed by atoms with E-state index >= 15 is 0 Å². The highest BCUT2D eigenvalue weighted by Crippen LogP contribution is 2.55. The molecule has 2 fully saturated rings. The molecule has 0 saturated carbocycles.